The average Bonchev–Trinajstić information content (AvgIpc) is 2.14. The first-order valence-corrected chi connectivity index (χ1v) is 5.18. The lowest BCUT2D eigenvalue weighted by Gasteiger charge is -2.16. The van der Waals surface area contributed by atoms with Gasteiger partial charge < -0.3 is 15.5 Å². The van der Waals surface area contributed by atoms with Crippen LogP contribution in [0.15, 0.2) is 24.3 Å². The van der Waals surface area contributed by atoms with Gasteiger partial charge in [-0.3, -0.25) is 0 Å². The van der Waals surface area contributed by atoms with E-state index in [1.54, 1.807) is 26.0 Å². The van der Waals surface area contributed by atoms with Crippen molar-refractivity contribution in [3.8, 4) is 5.75 Å². The zero-order valence-electron chi connectivity index (χ0n) is 9.33. The first-order chi connectivity index (χ1) is 6.97. The molecule has 3 N–H and O–H groups in total. The number of aromatic hydroxyl groups is 1. The summed E-state index contributed by atoms with van der Waals surface area (Å²) in [5, 5.41) is 21.8. The van der Waals surface area contributed by atoms with Gasteiger partial charge in [-0.1, -0.05) is 12.1 Å². The third kappa shape index (κ3) is 5.40. The Morgan fingerprint density at radius 3 is 2.33 bits per heavy atom. The predicted molar refractivity (Wildman–Crippen MR) is 60.7 cm³/mol. The largest absolute Gasteiger partial charge is 0.508 e. The Bertz CT molecular complexity index is 287. The van der Waals surface area contributed by atoms with Gasteiger partial charge in [-0.15, -0.1) is 0 Å². The molecule has 0 aliphatic heterocycles. The highest BCUT2D eigenvalue weighted by Gasteiger charge is 2.10. The molecular weight excluding hydrogens is 190 g/mol. The number of rotatable bonds is 5. The van der Waals surface area contributed by atoms with Crippen molar-refractivity contribution in [2.75, 3.05) is 6.54 Å². The highest BCUT2D eigenvalue weighted by Crippen LogP contribution is 2.09. The van der Waals surface area contributed by atoms with Gasteiger partial charge in [0.1, 0.15) is 5.75 Å². The third-order valence-corrected chi connectivity index (χ3v) is 2.18. The maximum atomic E-state index is 9.48. The number of hydrogen-bond acceptors (Lipinski definition) is 3. The van der Waals surface area contributed by atoms with Crippen LogP contribution in [0.2, 0.25) is 0 Å². The van der Waals surface area contributed by atoms with Gasteiger partial charge in [0, 0.05) is 6.54 Å². The van der Waals surface area contributed by atoms with E-state index in [-0.39, 0.29) is 5.75 Å². The van der Waals surface area contributed by atoms with Gasteiger partial charge in [0.2, 0.25) is 0 Å². The van der Waals surface area contributed by atoms with E-state index in [1.807, 2.05) is 12.1 Å². The molecule has 0 aromatic heterocycles. The third-order valence-electron chi connectivity index (χ3n) is 2.18. The highest BCUT2D eigenvalue weighted by molar-refractivity contribution is 5.25. The Kier molecular flexibility index (Phi) is 4.12. The van der Waals surface area contributed by atoms with Gasteiger partial charge in [0.25, 0.3) is 0 Å². The van der Waals surface area contributed by atoms with Crippen LogP contribution in [0.25, 0.3) is 0 Å². The lowest BCUT2D eigenvalue weighted by Crippen LogP contribution is -2.26. The Hall–Kier alpha value is -1.06. The van der Waals surface area contributed by atoms with E-state index in [4.69, 9.17) is 5.11 Å². The molecule has 3 nitrogen and oxygen atoms in total. The van der Waals surface area contributed by atoms with Crippen molar-refractivity contribution in [1.82, 2.24) is 5.32 Å². The molecule has 0 bridgehead atoms. The molecular formula is C12H19NO2. The summed E-state index contributed by atoms with van der Waals surface area (Å²) < 4.78 is 0. The summed E-state index contributed by atoms with van der Waals surface area (Å²) in [5.41, 5.74) is 0.519. The van der Waals surface area contributed by atoms with Gasteiger partial charge in [-0.25, -0.2) is 0 Å². The summed E-state index contributed by atoms with van der Waals surface area (Å²) in [6.45, 7) is 5.14. The number of aliphatic hydroxyl groups is 1. The van der Waals surface area contributed by atoms with Crippen LogP contribution in [0.4, 0.5) is 0 Å². The first-order valence-electron chi connectivity index (χ1n) is 5.18. The van der Waals surface area contributed by atoms with E-state index in [2.05, 4.69) is 5.32 Å². The lowest BCUT2D eigenvalue weighted by atomic mass is 10.1. The second kappa shape index (κ2) is 5.14. The Balaban J connectivity index is 2.23. The molecule has 0 spiro atoms. The highest BCUT2D eigenvalue weighted by atomic mass is 16.3. The number of phenolic OH excluding ortho intramolecular Hbond substituents is 1. The van der Waals surface area contributed by atoms with Crippen molar-refractivity contribution in [2.45, 2.75) is 32.4 Å². The zero-order valence-corrected chi connectivity index (χ0v) is 9.33. The molecule has 0 radical (unpaired) electrons. The molecule has 0 aliphatic rings. The molecule has 84 valence electrons. The summed E-state index contributed by atoms with van der Waals surface area (Å²) in [6.07, 6.45) is 0.727. The average molecular weight is 209 g/mol. The molecule has 0 atom stereocenters. The van der Waals surface area contributed by atoms with Gasteiger partial charge in [0.05, 0.1) is 5.60 Å². The number of nitrogens with one attached hydrogen (secondary N) is 1. The van der Waals surface area contributed by atoms with Gasteiger partial charge >= 0.3 is 0 Å². The van der Waals surface area contributed by atoms with Crippen molar-refractivity contribution in [1.29, 1.82) is 0 Å². The molecule has 0 saturated carbocycles. The van der Waals surface area contributed by atoms with Crippen LogP contribution in [0.1, 0.15) is 25.8 Å². The Morgan fingerprint density at radius 2 is 1.80 bits per heavy atom. The molecule has 0 heterocycles. The molecule has 0 saturated heterocycles. The minimum atomic E-state index is -0.609. The van der Waals surface area contributed by atoms with Crippen LogP contribution in [-0.2, 0) is 6.54 Å². The summed E-state index contributed by atoms with van der Waals surface area (Å²) in [5.74, 6) is 0.287. The van der Waals surface area contributed by atoms with Crippen LogP contribution >= 0.6 is 0 Å². The van der Waals surface area contributed by atoms with Crippen molar-refractivity contribution < 1.29 is 10.2 Å². The van der Waals surface area contributed by atoms with Crippen molar-refractivity contribution in [3.05, 3.63) is 29.8 Å². The lowest BCUT2D eigenvalue weighted by molar-refractivity contribution is 0.0711. The summed E-state index contributed by atoms with van der Waals surface area (Å²) in [4.78, 5) is 0. The second-order valence-electron chi connectivity index (χ2n) is 4.41. The summed E-state index contributed by atoms with van der Waals surface area (Å²) in [7, 11) is 0. The normalized spacial score (nSPS) is 11.7. The van der Waals surface area contributed by atoms with Crippen LogP contribution in [0.3, 0.4) is 0 Å². The predicted octanol–water partition coefficient (Wildman–Crippen LogP) is 1.64. The Labute approximate surface area is 90.8 Å². The fourth-order valence-corrected chi connectivity index (χ4v) is 1.24. The SMILES string of the molecule is CC(C)(O)CCNCc1ccc(O)cc1. The molecule has 0 fully saturated rings. The van der Waals surface area contributed by atoms with E-state index in [0.717, 1.165) is 25.1 Å². The molecule has 0 unspecified atom stereocenters. The monoisotopic (exact) mass is 209 g/mol. The van der Waals surface area contributed by atoms with Gasteiger partial charge in [-0.2, -0.15) is 0 Å². The van der Waals surface area contributed by atoms with E-state index in [9.17, 15) is 5.11 Å². The molecule has 15 heavy (non-hydrogen) atoms. The van der Waals surface area contributed by atoms with Gasteiger partial charge in [0.15, 0.2) is 0 Å². The zero-order chi connectivity index (χ0) is 11.3. The van der Waals surface area contributed by atoms with Crippen molar-refractivity contribution in [2.24, 2.45) is 0 Å². The minimum absolute atomic E-state index is 0.287. The topological polar surface area (TPSA) is 52.5 Å². The van der Waals surface area contributed by atoms with Crippen LogP contribution < -0.4 is 5.32 Å². The van der Waals surface area contributed by atoms with Crippen LogP contribution in [-0.4, -0.2) is 22.4 Å². The minimum Gasteiger partial charge on any atom is -0.508 e. The fraction of sp³-hybridized carbons (Fsp3) is 0.500. The van der Waals surface area contributed by atoms with E-state index in [0.29, 0.717) is 0 Å². The summed E-state index contributed by atoms with van der Waals surface area (Å²) in [6, 6.07) is 7.11. The van der Waals surface area contributed by atoms with Crippen LogP contribution in [0.5, 0.6) is 5.75 Å². The molecule has 3 heteroatoms. The molecule has 1 aromatic carbocycles. The summed E-state index contributed by atoms with van der Waals surface area (Å²) >= 11 is 0. The van der Waals surface area contributed by atoms with Crippen molar-refractivity contribution >= 4 is 0 Å². The number of phenols is 1. The van der Waals surface area contributed by atoms with Crippen LogP contribution in [0, 0.1) is 0 Å². The molecule has 1 rings (SSSR count). The van der Waals surface area contributed by atoms with Gasteiger partial charge in [-0.05, 0) is 44.5 Å². The Morgan fingerprint density at radius 1 is 1.20 bits per heavy atom. The molecule has 1 aromatic rings. The van der Waals surface area contributed by atoms with E-state index < -0.39 is 5.60 Å². The molecule has 0 aliphatic carbocycles. The smallest absolute Gasteiger partial charge is 0.115 e. The maximum Gasteiger partial charge on any atom is 0.115 e. The second-order valence-corrected chi connectivity index (χ2v) is 4.41. The fourth-order valence-electron chi connectivity index (χ4n) is 1.24. The van der Waals surface area contributed by atoms with E-state index in [1.165, 1.54) is 0 Å². The quantitative estimate of drug-likeness (QED) is 0.646. The van der Waals surface area contributed by atoms with Crippen molar-refractivity contribution in [3.63, 3.8) is 0 Å². The molecule has 0 amide bonds. The standard InChI is InChI=1S/C12H19NO2/c1-12(2,15)7-8-13-9-10-3-5-11(14)6-4-10/h3-6,13-15H,7-9H2,1-2H3. The number of benzene rings is 1. The first kappa shape index (κ1) is 12.0. The van der Waals surface area contributed by atoms with E-state index >= 15 is 0 Å². The maximum absolute atomic E-state index is 9.48. The number of hydrogen-bond donors (Lipinski definition) is 3.